The monoisotopic (exact) mass is 333 g/mol. The van der Waals surface area contributed by atoms with Crippen LogP contribution in [0.1, 0.15) is 21.5 Å². The van der Waals surface area contributed by atoms with Crippen molar-refractivity contribution in [1.82, 2.24) is 0 Å². The summed E-state index contributed by atoms with van der Waals surface area (Å²) in [4.78, 5) is 11.6. The minimum atomic E-state index is -0.519. The summed E-state index contributed by atoms with van der Waals surface area (Å²) < 4.78 is 11.6. The van der Waals surface area contributed by atoms with Crippen molar-refractivity contribution < 1.29 is 14.3 Å². The molecule has 0 fully saturated rings. The molecule has 0 atom stereocenters. The number of ether oxygens (including phenoxy) is 2. The van der Waals surface area contributed by atoms with Crippen molar-refractivity contribution in [3.63, 3.8) is 0 Å². The van der Waals surface area contributed by atoms with Crippen molar-refractivity contribution >= 4 is 5.91 Å². The summed E-state index contributed by atoms with van der Waals surface area (Å²) in [6.07, 6.45) is 0. The van der Waals surface area contributed by atoms with Gasteiger partial charge in [0, 0.05) is 11.6 Å². The fourth-order valence-electron chi connectivity index (χ4n) is 2.36. The lowest BCUT2D eigenvalue weighted by Crippen LogP contribution is -2.11. The fourth-order valence-corrected chi connectivity index (χ4v) is 2.36. The van der Waals surface area contributed by atoms with Crippen LogP contribution >= 0.6 is 0 Å². The van der Waals surface area contributed by atoms with E-state index in [1.807, 2.05) is 60.7 Å². The van der Waals surface area contributed by atoms with Gasteiger partial charge < -0.3 is 15.2 Å². The largest absolute Gasteiger partial charge is 0.489 e. The van der Waals surface area contributed by atoms with E-state index in [9.17, 15) is 4.79 Å². The van der Waals surface area contributed by atoms with Crippen molar-refractivity contribution in [3.8, 4) is 11.5 Å². The molecule has 3 rings (SSSR count). The molecule has 0 unspecified atom stereocenters. The van der Waals surface area contributed by atoms with Crippen molar-refractivity contribution in [2.45, 2.75) is 13.2 Å². The van der Waals surface area contributed by atoms with E-state index in [1.54, 1.807) is 18.2 Å². The third-order valence-corrected chi connectivity index (χ3v) is 3.66. The first kappa shape index (κ1) is 16.6. The van der Waals surface area contributed by atoms with E-state index in [1.165, 1.54) is 0 Å². The molecule has 0 saturated carbocycles. The van der Waals surface area contributed by atoms with Gasteiger partial charge in [0.15, 0.2) is 0 Å². The molecular weight excluding hydrogens is 314 g/mol. The summed E-state index contributed by atoms with van der Waals surface area (Å²) in [5.41, 5.74) is 7.85. The summed E-state index contributed by atoms with van der Waals surface area (Å²) in [5.74, 6) is 0.571. The highest BCUT2D eigenvalue weighted by Crippen LogP contribution is 2.24. The van der Waals surface area contributed by atoms with Crippen molar-refractivity contribution in [2.24, 2.45) is 5.73 Å². The Kier molecular flexibility index (Phi) is 5.32. The normalized spacial score (nSPS) is 10.2. The number of rotatable bonds is 7. The van der Waals surface area contributed by atoms with Crippen molar-refractivity contribution in [3.05, 3.63) is 95.6 Å². The van der Waals surface area contributed by atoms with Crippen LogP contribution < -0.4 is 15.2 Å². The Morgan fingerprint density at radius 3 is 1.56 bits per heavy atom. The zero-order valence-corrected chi connectivity index (χ0v) is 13.7. The van der Waals surface area contributed by atoms with Crippen molar-refractivity contribution in [1.29, 1.82) is 0 Å². The van der Waals surface area contributed by atoms with Crippen LogP contribution in [0.15, 0.2) is 78.9 Å². The Labute approximate surface area is 146 Å². The van der Waals surface area contributed by atoms with Crippen LogP contribution in [0.25, 0.3) is 0 Å². The van der Waals surface area contributed by atoms with Crippen LogP contribution in [0.2, 0.25) is 0 Å². The number of hydrogen-bond acceptors (Lipinski definition) is 3. The predicted octanol–water partition coefficient (Wildman–Crippen LogP) is 3.94. The third kappa shape index (κ3) is 4.85. The van der Waals surface area contributed by atoms with Crippen LogP contribution in [0, 0.1) is 0 Å². The molecule has 0 aliphatic carbocycles. The Bertz CT molecular complexity index is 771. The standard InChI is InChI=1S/C21H19NO3/c22-21(23)18-11-19(24-14-16-7-3-1-4-8-16)13-20(12-18)25-15-17-9-5-2-6-10-17/h1-13H,14-15H2,(H2,22,23). The van der Waals surface area contributed by atoms with Gasteiger partial charge in [-0.3, -0.25) is 4.79 Å². The van der Waals surface area contributed by atoms with Gasteiger partial charge in [0.2, 0.25) is 5.91 Å². The van der Waals surface area contributed by atoms with Gasteiger partial charge in [0.25, 0.3) is 0 Å². The van der Waals surface area contributed by atoms with Gasteiger partial charge in [0.05, 0.1) is 0 Å². The minimum Gasteiger partial charge on any atom is -0.489 e. The summed E-state index contributed by atoms with van der Waals surface area (Å²) in [6.45, 7) is 0.808. The van der Waals surface area contributed by atoms with Crippen LogP contribution in [0.4, 0.5) is 0 Å². The SMILES string of the molecule is NC(=O)c1cc(OCc2ccccc2)cc(OCc2ccccc2)c1. The first-order valence-corrected chi connectivity index (χ1v) is 7.99. The van der Waals surface area contributed by atoms with E-state index in [2.05, 4.69) is 0 Å². The van der Waals surface area contributed by atoms with Crippen LogP contribution in [-0.4, -0.2) is 5.91 Å². The highest BCUT2D eigenvalue weighted by atomic mass is 16.5. The zero-order chi connectivity index (χ0) is 17.5. The van der Waals surface area contributed by atoms with Gasteiger partial charge in [-0.05, 0) is 23.3 Å². The van der Waals surface area contributed by atoms with Crippen LogP contribution in [-0.2, 0) is 13.2 Å². The highest BCUT2D eigenvalue weighted by molar-refractivity contribution is 5.93. The average molecular weight is 333 g/mol. The number of hydrogen-bond donors (Lipinski definition) is 1. The predicted molar refractivity (Wildman–Crippen MR) is 96.5 cm³/mol. The maximum absolute atomic E-state index is 11.6. The molecule has 0 radical (unpaired) electrons. The fraction of sp³-hybridized carbons (Fsp3) is 0.0952. The highest BCUT2D eigenvalue weighted by Gasteiger charge is 2.08. The lowest BCUT2D eigenvalue weighted by atomic mass is 10.2. The lowest BCUT2D eigenvalue weighted by Gasteiger charge is -2.12. The smallest absolute Gasteiger partial charge is 0.248 e. The number of primary amides is 1. The second-order valence-corrected chi connectivity index (χ2v) is 5.61. The van der Waals surface area contributed by atoms with Gasteiger partial charge >= 0.3 is 0 Å². The number of carbonyl (C=O) groups is 1. The number of nitrogens with two attached hydrogens (primary N) is 1. The molecule has 0 saturated heterocycles. The molecule has 0 spiro atoms. The molecule has 126 valence electrons. The molecule has 4 heteroatoms. The first-order chi connectivity index (χ1) is 12.2. The maximum Gasteiger partial charge on any atom is 0.248 e. The minimum absolute atomic E-state index is 0.355. The molecule has 0 heterocycles. The van der Waals surface area contributed by atoms with E-state index in [-0.39, 0.29) is 0 Å². The topological polar surface area (TPSA) is 61.6 Å². The second-order valence-electron chi connectivity index (χ2n) is 5.61. The van der Waals surface area contributed by atoms with E-state index < -0.39 is 5.91 Å². The molecular formula is C21H19NO3. The van der Waals surface area contributed by atoms with E-state index in [4.69, 9.17) is 15.2 Å². The van der Waals surface area contributed by atoms with Gasteiger partial charge in [-0.25, -0.2) is 0 Å². The lowest BCUT2D eigenvalue weighted by molar-refractivity contribution is 0.0999. The Balaban J connectivity index is 1.73. The molecule has 0 aromatic heterocycles. The molecule has 2 N–H and O–H groups in total. The third-order valence-electron chi connectivity index (χ3n) is 3.66. The Morgan fingerprint density at radius 1 is 0.720 bits per heavy atom. The zero-order valence-electron chi connectivity index (χ0n) is 13.7. The molecule has 1 amide bonds. The quantitative estimate of drug-likeness (QED) is 0.712. The van der Waals surface area contributed by atoms with Gasteiger partial charge in [-0.2, -0.15) is 0 Å². The molecule has 3 aromatic rings. The molecule has 0 aliphatic rings. The van der Waals surface area contributed by atoms with Gasteiger partial charge in [-0.15, -0.1) is 0 Å². The van der Waals surface area contributed by atoms with Gasteiger partial charge in [-0.1, -0.05) is 60.7 Å². The Hall–Kier alpha value is -3.27. The molecule has 25 heavy (non-hydrogen) atoms. The molecule has 0 aliphatic heterocycles. The van der Waals surface area contributed by atoms with E-state index in [0.29, 0.717) is 30.3 Å². The van der Waals surface area contributed by atoms with Gasteiger partial charge in [0.1, 0.15) is 24.7 Å². The second kappa shape index (κ2) is 8.02. The van der Waals surface area contributed by atoms with Crippen LogP contribution in [0.5, 0.6) is 11.5 Å². The average Bonchev–Trinajstić information content (AvgIpc) is 2.66. The van der Waals surface area contributed by atoms with E-state index in [0.717, 1.165) is 11.1 Å². The summed E-state index contributed by atoms with van der Waals surface area (Å²) in [6, 6.07) is 24.6. The number of carbonyl (C=O) groups excluding carboxylic acids is 1. The maximum atomic E-state index is 11.6. The first-order valence-electron chi connectivity index (χ1n) is 7.99. The Morgan fingerprint density at radius 2 is 1.16 bits per heavy atom. The van der Waals surface area contributed by atoms with Crippen molar-refractivity contribution in [2.75, 3.05) is 0 Å². The number of amides is 1. The summed E-state index contributed by atoms with van der Waals surface area (Å²) in [5, 5.41) is 0. The molecule has 0 bridgehead atoms. The van der Waals surface area contributed by atoms with E-state index >= 15 is 0 Å². The number of benzene rings is 3. The summed E-state index contributed by atoms with van der Waals surface area (Å²) >= 11 is 0. The molecule has 3 aromatic carbocycles. The van der Waals surface area contributed by atoms with Crippen LogP contribution in [0.3, 0.4) is 0 Å². The summed E-state index contributed by atoms with van der Waals surface area (Å²) in [7, 11) is 0. The molecule has 4 nitrogen and oxygen atoms in total.